The van der Waals surface area contributed by atoms with Gasteiger partial charge in [-0.15, -0.1) is 0 Å². The Labute approximate surface area is 151 Å². The van der Waals surface area contributed by atoms with Gasteiger partial charge in [0, 0.05) is 42.9 Å². The van der Waals surface area contributed by atoms with Crippen LogP contribution in [0.3, 0.4) is 0 Å². The molecule has 2 atom stereocenters. The standard InChI is InChI=1S/C20H20N2O4/c1-22-12-16(14-5-2-3-6-15(14)20(22)24)19(23)21-13-7-8-17-18(11-13)26-10-4-9-25-17/h2-3,5-8,11-12,14-15H,4,9-10H2,1H3,(H,21,23). The second-order valence-corrected chi connectivity index (χ2v) is 6.52. The van der Waals surface area contributed by atoms with Crippen LogP contribution in [0.1, 0.15) is 6.42 Å². The van der Waals surface area contributed by atoms with Crippen LogP contribution in [0.25, 0.3) is 0 Å². The highest BCUT2D eigenvalue weighted by atomic mass is 16.5. The number of ether oxygens (including phenoxy) is 2. The van der Waals surface area contributed by atoms with Gasteiger partial charge in [-0.25, -0.2) is 0 Å². The van der Waals surface area contributed by atoms with Crippen LogP contribution in [0.15, 0.2) is 54.3 Å². The molecule has 134 valence electrons. The van der Waals surface area contributed by atoms with Crippen molar-refractivity contribution in [1.29, 1.82) is 0 Å². The lowest BCUT2D eigenvalue weighted by Gasteiger charge is -2.33. The minimum Gasteiger partial charge on any atom is -0.490 e. The number of allylic oxidation sites excluding steroid dienone is 3. The molecule has 2 heterocycles. The van der Waals surface area contributed by atoms with Crippen LogP contribution in [0.5, 0.6) is 11.5 Å². The summed E-state index contributed by atoms with van der Waals surface area (Å²) >= 11 is 0. The molecule has 4 rings (SSSR count). The number of rotatable bonds is 2. The predicted octanol–water partition coefficient (Wildman–Crippen LogP) is 2.50. The van der Waals surface area contributed by atoms with E-state index in [1.807, 2.05) is 24.3 Å². The summed E-state index contributed by atoms with van der Waals surface area (Å²) in [5, 5.41) is 2.91. The Morgan fingerprint density at radius 1 is 1.12 bits per heavy atom. The lowest BCUT2D eigenvalue weighted by atomic mass is 9.79. The molecule has 2 aliphatic heterocycles. The molecule has 26 heavy (non-hydrogen) atoms. The lowest BCUT2D eigenvalue weighted by Crippen LogP contribution is -2.41. The maximum absolute atomic E-state index is 12.9. The molecule has 6 nitrogen and oxygen atoms in total. The first-order valence-electron chi connectivity index (χ1n) is 8.68. The zero-order valence-corrected chi connectivity index (χ0v) is 14.5. The minimum atomic E-state index is -0.334. The molecule has 0 spiro atoms. The third-order valence-electron chi connectivity index (χ3n) is 4.73. The van der Waals surface area contributed by atoms with E-state index in [0.29, 0.717) is 36.0 Å². The summed E-state index contributed by atoms with van der Waals surface area (Å²) < 4.78 is 11.3. The van der Waals surface area contributed by atoms with Gasteiger partial charge in [-0.2, -0.15) is 0 Å². The van der Waals surface area contributed by atoms with Gasteiger partial charge in [0.2, 0.25) is 5.91 Å². The van der Waals surface area contributed by atoms with E-state index in [0.717, 1.165) is 6.42 Å². The summed E-state index contributed by atoms with van der Waals surface area (Å²) in [7, 11) is 1.67. The smallest absolute Gasteiger partial charge is 0.253 e. The molecule has 0 aromatic heterocycles. The highest BCUT2D eigenvalue weighted by Gasteiger charge is 2.37. The van der Waals surface area contributed by atoms with Gasteiger partial charge in [0.15, 0.2) is 11.5 Å². The van der Waals surface area contributed by atoms with E-state index in [1.165, 1.54) is 4.90 Å². The van der Waals surface area contributed by atoms with Crippen molar-refractivity contribution >= 4 is 17.5 Å². The molecule has 0 fully saturated rings. The van der Waals surface area contributed by atoms with Crippen LogP contribution < -0.4 is 14.8 Å². The molecule has 2 unspecified atom stereocenters. The van der Waals surface area contributed by atoms with Crippen LogP contribution in [0, 0.1) is 11.8 Å². The fraction of sp³-hybridized carbons (Fsp3) is 0.300. The van der Waals surface area contributed by atoms with Gasteiger partial charge >= 0.3 is 0 Å². The largest absolute Gasteiger partial charge is 0.490 e. The summed E-state index contributed by atoms with van der Waals surface area (Å²) in [6.07, 6.45) is 9.90. The van der Waals surface area contributed by atoms with Crippen LogP contribution in [-0.4, -0.2) is 37.0 Å². The van der Waals surface area contributed by atoms with Crippen LogP contribution in [0.2, 0.25) is 0 Å². The topological polar surface area (TPSA) is 67.9 Å². The zero-order chi connectivity index (χ0) is 18.1. The van der Waals surface area contributed by atoms with E-state index in [4.69, 9.17) is 9.47 Å². The van der Waals surface area contributed by atoms with E-state index in [2.05, 4.69) is 5.32 Å². The predicted molar refractivity (Wildman–Crippen MR) is 96.8 cm³/mol. The second-order valence-electron chi connectivity index (χ2n) is 6.52. The van der Waals surface area contributed by atoms with Crippen LogP contribution in [0.4, 0.5) is 5.69 Å². The first kappa shape index (κ1) is 16.4. The molecule has 0 radical (unpaired) electrons. The maximum Gasteiger partial charge on any atom is 0.253 e. The molecule has 3 aliphatic rings. The number of hydrogen-bond donors (Lipinski definition) is 1. The Hall–Kier alpha value is -3.02. The first-order chi connectivity index (χ1) is 12.6. The lowest BCUT2D eigenvalue weighted by molar-refractivity contribution is -0.132. The Balaban J connectivity index is 1.57. The fourth-order valence-corrected chi connectivity index (χ4v) is 3.39. The summed E-state index contributed by atoms with van der Waals surface area (Å²) in [6.45, 7) is 1.21. The van der Waals surface area contributed by atoms with Gasteiger partial charge in [-0.3, -0.25) is 9.59 Å². The molecule has 0 saturated heterocycles. The molecule has 1 aromatic rings. The Bertz CT molecular complexity index is 840. The number of nitrogens with one attached hydrogen (secondary N) is 1. The number of carbonyl (C=O) groups is 2. The van der Waals surface area contributed by atoms with Crippen molar-refractivity contribution in [3.8, 4) is 11.5 Å². The molecular weight excluding hydrogens is 332 g/mol. The summed E-state index contributed by atoms with van der Waals surface area (Å²) in [6, 6.07) is 5.36. The number of anilines is 1. The number of hydrogen-bond acceptors (Lipinski definition) is 4. The molecule has 1 N–H and O–H groups in total. The van der Waals surface area contributed by atoms with Gasteiger partial charge < -0.3 is 19.7 Å². The Morgan fingerprint density at radius 2 is 1.85 bits per heavy atom. The normalized spacial score (nSPS) is 23.8. The van der Waals surface area contributed by atoms with Crippen molar-refractivity contribution in [3.63, 3.8) is 0 Å². The van der Waals surface area contributed by atoms with Crippen molar-refractivity contribution in [1.82, 2.24) is 4.90 Å². The van der Waals surface area contributed by atoms with Gasteiger partial charge in [0.1, 0.15) is 0 Å². The molecule has 1 aliphatic carbocycles. The minimum absolute atomic E-state index is 0.0114. The molecule has 6 heteroatoms. The highest BCUT2D eigenvalue weighted by Crippen LogP contribution is 2.35. The molecule has 1 aromatic carbocycles. The molecule has 0 saturated carbocycles. The number of nitrogens with zero attached hydrogens (tertiary/aromatic N) is 1. The van der Waals surface area contributed by atoms with E-state index >= 15 is 0 Å². The van der Waals surface area contributed by atoms with Gasteiger partial charge in [-0.05, 0) is 12.1 Å². The van der Waals surface area contributed by atoms with Gasteiger partial charge in [-0.1, -0.05) is 24.3 Å². The molecule has 2 amide bonds. The van der Waals surface area contributed by atoms with Crippen LogP contribution >= 0.6 is 0 Å². The fourth-order valence-electron chi connectivity index (χ4n) is 3.39. The third-order valence-corrected chi connectivity index (χ3v) is 4.73. The van der Waals surface area contributed by atoms with Crippen molar-refractivity contribution in [2.75, 3.05) is 25.6 Å². The zero-order valence-electron chi connectivity index (χ0n) is 14.5. The number of fused-ring (bicyclic) bond motifs is 2. The van der Waals surface area contributed by atoms with Crippen molar-refractivity contribution in [2.45, 2.75) is 6.42 Å². The average Bonchev–Trinajstić information content (AvgIpc) is 2.89. The van der Waals surface area contributed by atoms with Crippen LogP contribution in [-0.2, 0) is 9.59 Å². The first-order valence-corrected chi connectivity index (χ1v) is 8.68. The summed E-state index contributed by atoms with van der Waals surface area (Å²) in [4.78, 5) is 26.7. The SMILES string of the molecule is CN1C=C(C(=O)Nc2ccc3c(c2)OCCCO3)C2C=CC=CC2C1=O. The van der Waals surface area contributed by atoms with Crippen molar-refractivity contribution in [2.24, 2.45) is 11.8 Å². The van der Waals surface area contributed by atoms with Gasteiger partial charge in [0.25, 0.3) is 5.91 Å². The second kappa shape index (κ2) is 6.71. The van der Waals surface area contributed by atoms with E-state index in [9.17, 15) is 9.59 Å². The number of carbonyl (C=O) groups excluding carboxylic acids is 2. The summed E-state index contributed by atoms with van der Waals surface area (Å²) in [5.74, 6) is 0.492. The van der Waals surface area contributed by atoms with E-state index in [1.54, 1.807) is 31.4 Å². The third kappa shape index (κ3) is 2.98. The molecular formula is C20H20N2O4. The average molecular weight is 352 g/mol. The van der Waals surface area contributed by atoms with E-state index in [-0.39, 0.29) is 23.7 Å². The van der Waals surface area contributed by atoms with Gasteiger partial charge in [0.05, 0.1) is 19.1 Å². The highest BCUT2D eigenvalue weighted by molar-refractivity contribution is 6.06. The molecule has 0 bridgehead atoms. The van der Waals surface area contributed by atoms with E-state index < -0.39 is 0 Å². The number of benzene rings is 1. The Kier molecular flexibility index (Phi) is 4.24. The quantitative estimate of drug-likeness (QED) is 0.888. The summed E-state index contributed by atoms with van der Waals surface area (Å²) in [5.41, 5.74) is 1.19. The Morgan fingerprint density at radius 3 is 2.65 bits per heavy atom. The van der Waals surface area contributed by atoms with Crippen molar-refractivity contribution < 1.29 is 19.1 Å². The number of amides is 2. The van der Waals surface area contributed by atoms with Crippen molar-refractivity contribution in [3.05, 3.63) is 54.3 Å². The monoisotopic (exact) mass is 352 g/mol. The maximum atomic E-state index is 12.9.